The summed E-state index contributed by atoms with van der Waals surface area (Å²) >= 11 is 0. The Bertz CT molecular complexity index is 386. The third kappa shape index (κ3) is 2.38. The maximum Gasteiger partial charge on any atom is 0.242 e. The van der Waals surface area contributed by atoms with Crippen LogP contribution in [0.15, 0.2) is 0 Å². The van der Waals surface area contributed by atoms with E-state index in [1.54, 1.807) is 18.7 Å². The number of nitrogens with one attached hydrogen (secondary N) is 1. The lowest BCUT2D eigenvalue weighted by molar-refractivity contribution is -0.147. The fraction of sp³-hybridized carbons (Fsp3) is 0.750. The fourth-order valence-electron chi connectivity index (χ4n) is 2.34. The minimum absolute atomic E-state index is 0.110. The van der Waals surface area contributed by atoms with Crippen LogP contribution >= 0.6 is 0 Å². The molecule has 2 fully saturated rings. The van der Waals surface area contributed by atoms with E-state index in [1.807, 2.05) is 0 Å². The normalized spacial score (nSPS) is 23.7. The summed E-state index contributed by atoms with van der Waals surface area (Å²) in [6.45, 7) is 6.17. The molecule has 0 bridgehead atoms. The van der Waals surface area contributed by atoms with E-state index in [0.29, 0.717) is 13.1 Å². The van der Waals surface area contributed by atoms with E-state index < -0.39 is 5.41 Å². The minimum Gasteiger partial charge on any atom is -0.339 e. The molecule has 2 saturated heterocycles. The molecule has 2 aliphatic rings. The zero-order chi connectivity index (χ0) is 13.3. The summed E-state index contributed by atoms with van der Waals surface area (Å²) in [6.07, 6.45) is 0.195. The smallest absolute Gasteiger partial charge is 0.242 e. The Labute approximate surface area is 106 Å². The van der Waals surface area contributed by atoms with Crippen LogP contribution in [-0.4, -0.2) is 60.2 Å². The molecule has 0 aromatic heterocycles. The van der Waals surface area contributed by atoms with Gasteiger partial charge in [0.2, 0.25) is 17.7 Å². The van der Waals surface area contributed by atoms with E-state index >= 15 is 0 Å². The van der Waals surface area contributed by atoms with Crippen molar-refractivity contribution in [2.75, 3.05) is 32.7 Å². The number of imide groups is 1. The van der Waals surface area contributed by atoms with Crippen LogP contribution in [0.4, 0.5) is 0 Å². The van der Waals surface area contributed by atoms with Gasteiger partial charge in [0.15, 0.2) is 0 Å². The van der Waals surface area contributed by atoms with Crippen molar-refractivity contribution in [2.24, 2.45) is 5.41 Å². The first-order valence-electron chi connectivity index (χ1n) is 6.25. The van der Waals surface area contributed by atoms with Gasteiger partial charge in [-0.15, -0.1) is 0 Å². The zero-order valence-electron chi connectivity index (χ0n) is 10.9. The van der Waals surface area contributed by atoms with Gasteiger partial charge in [-0.05, 0) is 0 Å². The number of hydrogen-bond acceptors (Lipinski definition) is 4. The van der Waals surface area contributed by atoms with Crippen LogP contribution in [0.2, 0.25) is 0 Å². The van der Waals surface area contributed by atoms with Crippen molar-refractivity contribution in [2.45, 2.75) is 20.3 Å². The summed E-state index contributed by atoms with van der Waals surface area (Å²) in [5.41, 5.74) is -0.666. The Morgan fingerprint density at radius 3 is 2.39 bits per heavy atom. The summed E-state index contributed by atoms with van der Waals surface area (Å²) in [4.78, 5) is 38.5. The molecule has 2 rings (SSSR count). The molecule has 3 amide bonds. The van der Waals surface area contributed by atoms with Crippen LogP contribution in [-0.2, 0) is 14.4 Å². The lowest BCUT2D eigenvalue weighted by Gasteiger charge is -2.29. The van der Waals surface area contributed by atoms with Gasteiger partial charge in [-0.1, -0.05) is 13.8 Å². The lowest BCUT2D eigenvalue weighted by atomic mass is 9.92. The molecular weight excluding hydrogens is 234 g/mol. The topological polar surface area (TPSA) is 69.7 Å². The molecule has 0 radical (unpaired) electrons. The summed E-state index contributed by atoms with van der Waals surface area (Å²) in [7, 11) is 0. The molecule has 2 heterocycles. The van der Waals surface area contributed by atoms with E-state index in [-0.39, 0.29) is 30.7 Å². The molecule has 0 spiro atoms. The fourth-order valence-corrected chi connectivity index (χ4v) is 2.34. The first kappa shape index (κ1) is 13.0. The summed E-state index contributed by atoms with van der Waals surface area (Å²) in [5, 5.41) is 3.15. The van der Waals surface area contributed by atoms with Crippen molar-refractivity contribution in [3.8, 4) is 0 Å². The lowest BCUT2D eigenvalue weighted by Crippen LogP contribution is -2.50. The molecule has 0 unspecified atom stereocenters. The maximum atomic E-state index is 12.0. The Hall–Kier alpha value is -1.43. The molecule has 0 saturated carbocycles. The molecule has 100 valence electrons. The molecule has 6 heteroatoms. The Balaban J connectivity index is 1.99. The second-order valence-corrected chi connectivity index (χ2v) is 5.48. The number of likely N-dealkylation sites (tertiary alicyclic amines) is 1. The average Bonchev–Trinajstić information content (AvgIpc) is 2.52. The zero-order valence-corrected chi connectivity index (χ0v) is 10.9. The molecular formula is C12H19N3O3. The molecule has 1 N–H and O–H groups in total. The van der Waals surface area contributed by atoms with Gasteiger partial charge in [-0.3, -0.25) is 19.3 Å². The van der Waals surface area contributed by atoms with Gasteiger partial charge in [0.25, 0.3) is 0 Å². The van der Waals surface area contributed by atoms with Crippen LogP contribution < -0.4 is 5.32 Å². The number of rotatable bonds is 2. The van der Waals surface area contributed by atoms with Crippen molar-refractivity contribution >= 4 is 17.7 Å². The van der Waals surface area contributed by atoms with Gasteiger partial charge in [0, 0.05) is 32.6 Å². The van der Waals surface area contributed by atoms with Crippen LogP contribution in [0.5, 0.6) is 0 Å². The number of nitrogens with zero attached hydrogens (tertiary/aromatic N) is 2. The minimum atomic E-state index is -0.666. The summed E-state index contributed by atoms with van der Waals surface area (Å²) in [5.74, 6) is -0.625. The highest BCUT2D eigenvalue weighted by atomic mass is 16.2. The van der Waals surface area contributed by atoms with Crippen LogP contribution in [0.25, 0.3) is 0 Å². The molecule has 6 nitrogen and oxygen atoms in total. The SMILES string of the molecule is CC1(C)CC(=O)N(CC(=O)N2CCNCC2)C1=O. The van der Waals surface area contributed by atoms with Crippen LogP contribution in [0.1, 0.15) is 20.3 Å². The van der Waals surface area contributed by atoms with Crippen molar-refractivity contribution in [1.29, 1.82) is 0 Å². The largest absolute Gasteiger partial charge is 0.339 e. The van der Waals surface area contributed by atoms with E-state index in [0.717, 1.165) is 18.0 Å². The number of carbonyl (C=O) groups is 3. The standard InChI is InChI=1S/C12H19N3O3/c1-12(2)7-9(16)15(11(12)18)8-10(17)14-5-3-13-4-6-14/h13H,3-8H2,1-2H3. The van der Waals surface area contributed by atoms with Crippen molar-refractivity contribution < 1.29 is 14.4 Å². The van der Waals surface area contributed by atoms with Crippen molar-refractivity contribution in [3.05, 3.63) is 0 Å². The Morgan fingerprint density at radius 2 is 1.89 bits per heavy atom. The monoisotopic (exact) mass is 253 g/mol. The molecule has 0 aromatic carbocycles. The van der Waals surface area contributed by atoms with E-state index in [4.69, 9.17) is 0 Å². The quantitative estimate of drug-likeness (QED) is 0.654. The van der Waals surface area contributed by atoms with Gasteiger partial charge in [0.05, 0.1) is 5.41 Å². The van der Waals surface area contributed by atoms with Gasteiger partial charge in [0.1, 0.15) is 6.54 Å². The van der Waals surface area contributed by atoms with E-state index in [1.165, 1.54) is 0 Å². The maximum absolute atomic E-state index is 12.0. The molecule has 0 aliphatic carbocycles. The van der Waals surface area contributed by atoms with Gasteiger partial charge in [-0.25, -0.2) is 0 Å². The first-order valence-corrected chi connectivity index (χ1v) is 6.25. The second kappa shape index (κ2) is 4.68. The van der Waals surface area contributed by atoms with Gasteiger partial charge < -0.3 is 10.2 Å². The highest BCUT2D eigenvalue weighted by Gasteiger charge is 2.45. The second-order valence-electron chi connectivity index (χ2n) is 5.48. The Morgan fingerprint density at radius 1 is 1.28 bits per heavy atom. The van der Waals surface area contributed by atoms with Gasteiger partial charge in [-0.2, -0.15) is 0 Å². The van der Waals surface area contributed by atoms with Crippen molar-refractivity contribution in [1.82, 2.24) is 15.1 Å². The highest BCUT2D eigenvalue weighted by Crippen LogP contribution is 2.31. The molecule has 0 aromatic rings. The van der Waals surface area contributed by atoms with Crippen molar-refractivity contribution in [3.63, 3.8) is 0 Å². The predicted molar refractivity (Wildman–Crippen MR) is 64.6 cm³/mol. The number of piperazine rings is 1. The van der Waals surface area contributed by atoms with Crippen LogP contribution in [0, 0.1) is 5.41 Å². The number of carbonyl (C=O) groups excluding carboxylic acids is 3. The van der Waals surface area contributed by atoms with E-state index in [9.17, 15) is 14.4 Å². The predicted octanol–water partition coefficient (Wildman–Crippen LogP) is -0.797. The molecule has 2 aliphatic heterocycles. The first-order chi connectivity index (χ1) is 8.42. The molecule has 0 atom stereocenters. The van der Waals surface area contributed by atoms with Crippen LogP contribution in [0.3, 0.4) is 0 Å². The third-order valence-corrected chi connectivity index (χ3v) is 3.48. The third-order valence-electron chi connectivity index (χ3n) is 3.48. The summed E-state index contributed by atoms with van der Waals surface area (Å²) in [6, 6.07) is 0. The Kier molecular flexibility index (Phi) is 3.38. The average molecular weight is 253 g/mol. The van der Waals surface area contributed by atoms with E-state index in [2.05, 4.69) is 5.32 Å². The highest BCUT2D eigenvalue weighted by molar-refractivity contribution is 6.07. The number of hydrogen-bond donors (Lipinski definition) is 1. The number of amides is 3. The van der Waals surface area contributed by atoms with Gasteiger partial charge >= 0.3 is 0 Å². The summed E-state index contributed by atoms with van der Waals surface area (Å²) < 4.78 is 0. The molecule has 18 heavy (non-hydrogen) atoms.